The Balaban J connectivity index is 2.07. The van der Waals surface area contributed by atoms with Crippen LogP contribution in [-0.4, -0.2) is 20.9 Å². The molecule has 0 saturated heterocycles. The molecule has 0 amide bonds. The molecule has 0 aliphatic heterocycles. The summed E-state index contributed by atoms with van der Waals surface area (Å²) in [5.74, 6) is 1.65. The fourth-order valence-corrected chi connectivity index (χ4v) is 1.93. The monoisotopic (exact) mass is 275 g/mol. The maximum absolute atomic E-state index is 5.89. The second kappa shape index (κ2) is 6.27. The van der Waals surface area contributed by atoms with E-state index in [0.717, 1.165) is 23.8 Å². The lowest BCUT2D eigenvalue weighted by atomic mass is 10.2. The second-order valence-corrected chi connectivity index (χ2v) is 4.84. The van der Waals surface area contributed by atoms with Gasteiger partial charge in [-0.2, -0.15) is 0 Å². The first kappa shape index (κ1) is 14.2. The highest BCUT2D eigenvalue weighted by molar-refractivity contribution is 5.59. The number of hydrogen-bond acceptors (Lipinski definition) is 5. The average molecular weight is 275 g/mol. The molecule has 0 radical (unpaired) electrons. The third-order valence-corrected chi connectivity index (χ3v) is 2.79. The van der Waals surface area contributed by atoms with Crippen molar-refractivity contribution in [1.82, 2.24) is 14.8 Å². The van der Waals surface area contributed by atoms with E-state index in [-0.39, 0.29) is 6.10 Å². The predicted octanol–water partition coefficient (Wildman–Crippen LogP) is 2.28. The van der Waals surface area contributed by atoms with Crippen molar-refractivity contribution < 1.29 is 4.74 Å². The van der Waals surface area contributed by atoms with Crippen LogP contribution in [0.2, 0.25) is 0 Å². The van der Waals surface area contributed by atoms with Crippen molar-refractivity contribution in [2.45, 2.75) is 40.0 Å². The Morgan fingerprint density at radius 2 is 2.15 bits per heavy atom. The van der Waals surface area contributed by atoms with E-state index in [0.29, 0.717) is 12.2 Å². The number of anilines is 2. The molecule has 0 spiro atoms. The van der Waals surface area contributed by atoms with Crippen LogP contribution in [0.15, 0.2) is 24.5 Å². The van der Waals surface area contributed by atoms with Gasteiger partial charge in [-0.15, -0.1) is 10.2 Å². The molecular formula is C14H21N5O. The summed E-state index contributed by atoms with van der Waals surface area (Å²) >= 11 is 0. The van der Waals surface area contributed by atoms with Crippen molar-refractivity contribution in [3.63, 3.8) is 0 Å². The van der Waals surface area contributed by atoms with E-state index in [1.165, 1.54) is 0 Å². The number of rotatable bonds is 6. The summed E-state index contributed by atoms with van der Waals surface area (Å²) in [5, 5.41) is 11.3. The zero-order valence-electron chi connectivity index (χ0n) is 12.1. The number of aromatic nitrogens is 3. The van der Waals surface area contributed by atoms with Gasteiger partial charge in [-0.05, 0) is 26.8 Å². The molecule has 1 aromatic heterocycles. The number of nitrogens with one attached hydrogen (secondary N) is 1. The normalized spacial score (nSPS) is 10.8. The van der Waals surface area contributed by atoms with Gasteiger partial charge in [0.25, 0.3) is 0 Å². The van der Waals surface area contributed by atoms with Crippen molar-refractivity contribution >= 4 is 11.4 Å². The minimum absolute atomic E-state index is 0.118. The molecule has 2 rings (SSSR count). The van der Waals surface area contributed by atoms with Gasteiger partial charge >= 0.3 is 0 Å². The first-order valence-electron chi connectivity index (χ1n) is 6.76. The summed E-state index contributed by atoms with van der Waals surface area (Å²) in [6.07, 6.45) is 1.84. The molecule has 0 aliphatic rings. The third kappa shape index (κ3) is 3.63. The summed E-state index contributed by atoms with van der Waals surface area (Å²) in [6, 6.07) is 5.63. The number of nitrogens with two attached hydrogens (primary N) is 1. The molecule has 20 heavy (non-hydrogen) atoms. The Bertz CT molecular complexity index is 564. The molecule has 0 aliphatic carbocycles. The topological polar surface area (TPSA) is 78.0 Å². The molecule has 0 fully saturated rings. The average Bonchev–Trinajstić information content (AvgIpc) is 2.82. The summed E-state index contributed by atoms with van der Waals surface area (Å²) in [6.45, 7) is 7.48. The lowest BCUT2D eigenvalue weighted by Crippen LogP contribution is -2.09. The summed E-state index contributed by atoms with van der Waals surface area (Å²) < 4.78 is 7.66. The van der Waals surface area contributed by atoms with Crippen LogP contribution in [-0.2, 0) is 13.1 Å². The molecule has 0 saturated carbocycles. The molecular weight excluding hydrogens is 254 g/mol. The van der Waals surface area contributed by atoms with Crippen LogP contribution in [0.1, 0.15) is 26.6 Å². The van der Waals surface area contributed by atoms with Crippen LogP contribution < -0.4 is 15.8 Å². The molecule has 1 aromatic carbocycles. The fraction of sp³-hybridized carbons (Fsp3) is 0.429. The predicted molar refractivity (Wildman–Crippen MR) is 79.6 cm³/mol. The summed E-state index contributed by atoms with van der Waals surface area (Å²) in [5.41, 5.74) is 7.46. The van der Waals surface area contributed by atoms with Crippen molar-refractivity contribution in [3.05, 3.63) is 30.4 Å². The molecule has 6 heteroatoms. The van der Waals surface area contributed by atoms with E-state index in [2.05, 4.69) is 22.4 Å². The standard InChI is InChI=1S/C14H21N5O/c1-4-19-9-17-18-14(19)8-16-12-5-11(15)6-13(7-12)20-10(2)3/h5-7,9-10,16H,4,8,15H2,1-3H3. The number of aryl methyl sites for hydroxylation is 1. The quantitative estimate of drug-likeness (QED) is 0.791. The van der Waals surface area contributed by atoms with Gasteiger partial charge in [0.1, 0.15) is 12.1 Å². The number of nitrogen functional groups attached to an aromatic ring is 1. The van der Waals surface area contributed by atoms with Crippen LogP contribution >= 0.6 is 0 Å². The van der Waals surface area contributed by atoms with Crippen molar-refractivity contribution in [1.29, 1.82) is 0 Å². The maximum atomic E-state index is 5.89. The van der Waals surface area contributed by atoms with Crippen molar-refractivity contribution in [2.24, 2.45) is 0 Å². The van der Waals surface area contributed by atoms with Gasteiger partial charge in [0, 0.05) is 30.1 Å². The molecule has 6 nitrogen and oxygen atoms in total. The van der Waals surface area contributed by atoms with Gasteiger partial charge in [-0.1, -0.05) is 0 Å². The van der Waals surface area contributed by atoms with Gasteiger partial charge in [0.15, 0.2) is 5.82 Å². The minimum atomic E-state index is 0.118. The Morgan fingerprint density at radius 1 is 1.35 bits per heavy atom. The lowest BCUT2D eigenvalue weighted by molar-refractivity contribution is 0.242. The zero-order valence-corrected chi connectivity index (χ0v) is 12.1. The van der Waals surface area contributed by atoms with Crippen LogP contribution in [0.3, 0.4) is 0 Å². The largest absolute Gasteiger partial charge is 0.491 e. The van der Waals surface area contributed by atoms with E-state index in [1.807, 2.05) is 36.6 Å². The SMILES string of the molecule is CCn1cnnc1CNc1cc(N)cc(OC(C)C)c1. The van der Waals surface area contributed by atoms with Crippen LogP contribution in [0, 0.1) is 0 Å². The molecule has 3 N–H and O–H groups in total. The van der Waals surface area contributed by atoms with Gasteiger partial charge in [-0.3, -0.25) is 0 Å². The molecule has 108 valence electrons. The Kier molecular flexibility index (Phi) is 4.45. The van der Waals surface area contributed by atoms with Crippen molar-refractivity contribution in [2.75, 3.05) is 11.1 Å². The zero-order chi connectivity index (χ0) is 14.5. The number of hydrogen-bond donors (Lipinski definition) is 2. The molecule has 0 bridgehead atoms. The Labute approximate surface area is 119 Å². The van der Waals surface area contributed by atoms with E-state index in [1.54, 1.807) is 6.33 Å². The lowest BCUT2D eigenvalue weighted by Gasteiger charge is -2.13. The Morgan fingerprint density at radius 3 is 2.85 bits per heavy atom. The number of nitrogens with zero attached hydrogens (tertiary/aromatic N) is 3. The van der Waals surface area contributed by atoms with E-state index in [9.17, 15) is 0 Å². The highest BCUT2D eigenvalue weighted by atomic mass is 16.5. The first-order chi connectivity index (χ1) is 9.58. The second-order valence-electron chi connectivity index (χ2n) is 4.84. The van der Waals surface area contributed by atoms with Gasteiger partial charge in [0.2, 0.25) is 0 Å². The number of benzene rings is 1. The molecule has 0 atom stereocenters. The molecule has 0 unspecified atom stereocenters. The van der Waals surface area contributed by atoms with Crippen LogP contribution in [0.4, 0.5) is 11.4 Å². The van der Waals surface area contributed by atoms with Crippen molar-refractivity contribution in [3.8, 4) is 5.75 Å². The fourth-order valence-electron chi connectivity index (χ4n) is 1.93. The van der Waals surface area contributed by atoms with Crippen LogP contribution in [0.5, 0.6) is 5.75 Å². The number of ether oxygens (including phenoxy) is 1. The van der Waals surface area contributed by atoms with E-state index in [4.69, 9.17) is 10.5 Å². The van der Waals surface area contributed by atoms with Crippen LogP contribution in [0.25, 0.3) is 0 Å². The third-order valence-electron chi connectivity index (χ3n) is 2.79. The van der Waals surface area contributed by atoms with E-state index < -0.39 is 0 Å². The van der Waals surface area contributed by atoms with Gasteiger partial charge < -0.3 is 20.4 Å². The highest BCUT2D eigenvalue weighted by Crippen LogP contribution is 2.23. The summed E-state index contributed by atoms with van der Waals surface area (Å²) in [7, 11) is 0. The Hall–Kier alpha value is -2.24. The highest BCUT2D eigenvalue weighted by Gasteiger charge is 2.05. The van der Waals surface area contributed by atoms with Gasteiger partial charge in [-0.25, -0.2) is 0 Å². The maximum Gasteiger partial charge on any atom is 0.152 e. The smallest absolute Gasteiger partial charge is 0.152 e. The first-order valence-corrected chi connectivity index (χ1v) is 6.76. The molecule has 2 aromatic rings. The molecule has 1 heterocycles. The van der Waals surface area contributed by atoms with Gasteiger partial charge in [0.05, 0.1) is 12.6 Å². The summed E-state index contributed by atoms with van der Waals surface area (Å²) in [4.78, 5) is 0. The van der Waals surface area contributed by atoms with E-state index >= 15 is 0 Å². The minimum Gasteiger partial charge on any atom is -0.491 e.